The van der Waals surface area contributed by atoms with E-state index in [1.165, 1.54) is 6.42 Å². The molecule has 1 unspecified atom stereocenters. The van der Waals surface area contributed by atoms with Crippen LogP contribution in [0.5, 0.6) is 0 Å². The first kappa shape index (κ1) is 14.3. The van der Waals surface area contributed by atoms with Crippen molar-refractivity contribution in [1.29, 1.82) is 0 Å². The SMILES string of the molecule is CC(=O)NC1CCN(C(=O)CCC2CCNC2)CC1. The van der Waals surface area contributed by atoms with Crippen molar-refractivity contribution >= 4 is 11.8 Å². The van der Waals surface area contributed by atoms with Crippen molar-refractivity contribution in [3.63, 3.8) is 0 Å². The van der Waals surface area contributed by atoms with Crippen LogP contribution in [0.4, 0.5) is 0 Å². The number of carbonyl (C=O) groups excluding carboxylic acids is 2. The van der Waals surface area contributed by atoms with E-state index < -0.39 is 0 Å². The molecule has 2 saturated heterocycles. The van der Waals surface area contributed by atoms with Gasteiger partial charge in [0.2, 0.25) is 11.8 Å². The van der Waals surface area contributed by atoms with Crippen LogP contribution in [-0.2, 0) is 9.59 Å². The van der Waals surface area contributed by atoms with E-state index in [4.69, 9.17) is 0 Å². The number of amides is 2. The molecule has 0 bridgehead atoms. The van der Waals surface area contributed by atoms with Gasteiger partial charge in [-0.3, -0.25) is 9.59 Å². The Morgan fingerprint density at radius 1 is 1.26 bits per heavy atom. The Balaban J connectivity index is 1.65. The number of carbonyl (C=O) groups is 2. The first-order valence-corrected chi connectivity index (χ1v) is 7.40. The number of rotatable bonds is 4. The van der Waals surface area contributed by atoms with Crippen LogP contribution in [0.25, 0.3) is 0 Å². The van der Waals surface area contributed by atoms with Crippen LogP contribution >= 0.6 is 0 Å². The zero-order valence-corrected chi connectivity index (χ0v) is 11.8. The fourth-order valence-corrected chi connectivity index (χ4v) is 3.01. The molecule has 2 amide bonds. The summed E-state index contributed by atoms with van der Waals surface area (Å²) < 4.78 is 0. The smallest absolute Gasteiger partial charge is 0.222 e. The molecule has 0 spiro atoms. The van der Waals surface area contributed by atoms with Gasteiger partial charge in [0.15, 0.2) is 0 Å². The number of nitrogens with zero attached hydrogens (tertiary/aromatic N) is 1. The maximum absolute atomic E-state index is 12.1. The first-order chi connectivity index (χ1) is 9.15. The molecule has 2 fully saturated rings. The lowest BCUT2D eigenvalue weighted by molar-refractivity contribution is -0.132. The Labute approximate surface area is 115 Å². The fraction of sp³-hybridized carbons (Fsp3) is 0.857. The van der Waals surface area contributed by atoms with Crippen molar-refractivity contribution in [3.8, 4) is 0 Å². The van der Waals surface area contributed by atoms with Gasteiger partial charge in [0.1, 0.15) is 0 Å². The monoisotopic (exact) mass is 267 g/mol. The van der Waals surface area contributed by atoms with Crippen molar-refractivity contribution < 1.29 is 9.59 Å². The van der Waals surface area contributed by atoms with E-state index in [0.717, 1.165) is 45.4 Å². The van der Waals surface area contributed by atoms with Gasteiger partial charge in [-0.15, -0.1) is 0 Å². The molecule has 0 aliphatic carbocycles. The second-order valence-electron chi connectivity index (χ2n) is 5.75. The van der Waals surface area contributed by atoms with E-state index in [2.05, 4.69) is 10.6 Å². The summed E-state index contributed by atoms with van der Waals surface area (Å²) in [5, 5.41) is 6.27. The highest BCUT2D eigenvalue weighted by molar-refractivity contribution is 5.76. The first-order valence-electron chi connectivity index (χ1n) is 7.40. The largest absolute Gasteiger partial charge is 0.353 e. The summed E-state index contributed by atoms with van der Waals surface area (Å²) in [6.07, 6.45) is 4.67. The minimum absolute atomic E-state index is 0.0264. The molecule has 0 aromatic heterocycles. The molecule has 2 aliphatic rings. The molecular formula is C14H25N3O2. The highest BCUT2D eigenvalue weighted by Crippen LogP contribution is 2.17. The summed E-state index contributed by atoms with van der Waals surface area (Å²) in [5.74, 6) is 0.993. The Morgan fingerprint density at radius 3 is 2.58 bits per heavy atom. The van der Waals surface area contributed by atoms with E-state index in [9.17, 15) is 9.59 Å². The summed E-state index contributed by atoms with van der Waals surface area (Å²) in [6.45, 7) is 5.28. The van der Waals surface area contributed by atoms with Gasteiger partial charge in [-0.2, -0.15) is 0 Å². The lowest BCUT2D eigenvalue weighted by Gasteiger charge is -2.32. The maximum atomic E-state index is 12.1. The average Bonchev–Trinajstić information content (AvgIpc) is 2.89. The minimum Gasteiger partial charge on any atom is -0.353 e. The third kappa shape index (κ3) is 4.49. The van der Waals surface area contributed by atoms with Crippen LogP contribution in [0.1, 0.15) is 39.0 Å². The Hall–Kier alpha value is -1.10. The van der Waals surface area contributed by atoms with Gasteiger partial charge in [-0.1, -0.05) is 0 Å². The standard InChI is InChI=1S/C14H25N3O2/c1-11(18)16-13-5-8-17(9-6-13)14(19)3-2-12-4-7-15-10-12/h12-13,15H,2-10H2,1H3,(H,16,18). The van der Waals surface area contributed by atoms with Gasteiger partial charge in [0, 0.05) is 32.5 Å². The Morgan fingerprint density at radius 2 is 2.00 bits per heavy atom. The van der Waals surface area contributed by atoms with Crippen LogP contribution in [0.3, 0.4) is 0 Å². The van der Waals surface area contributed by atoms with Crippen molar-refractivity contribution in [1.82, 2.24) is 15.5 Å². The van der Waals surface area contributed by atoms with Crippen molar-refractivity contribution in [2.75, 3.05) is 26.2 Å². The number of piperidine rings is 1. The quantitative estimate of drug-likeness (QED) is 0.780. The zero-order valence-electron chi connectivity index (χ0n) is 11.8. The molecule has 19 heavy (non-hydrogen) atoms. The Bertz CT molecular complexity index is 319. The van der Waals surface area contributed by atoms with Crippen LogP contribution in [-0.4, -0.2) is 48.9 Å². The molecule has 2 aliphatic heterocycles. The maximum Gasteiger partial charge on any atom is 0.222 e. The Kier molecular flexibility index (Phi) is 5.19. The molecule has 108 valence electrons. The van der Waals surface area contributed by atoms with Crippen molar-refractivity contribution in [2.24, 2.45) is 5.92 Å². The molecule has 0 radical (unpaired) electrons. The van der Waals surface area contributed by atoms with E-state index in [-0.39, 0.29) is 17.9 Å². The molecule has 0 saturated carbocycles. The molecule has 0 aromatic rings. The molecule has 2 rings (SSSR count). The van der Waals surface area contributed by atoms with Crippen LogP contribution in [0.2, 0.25) is 0 Å². The number of hydrogen-bond acceptors (Lipinski definition) is 3. The second-order valence-corrected chi connectivity index (χ2v) is 5.75. The molecular weight excluding hydrogens is 242 g/mol. The van der Waals surface area contributed by atoms with E-state index in [0.29, 0.717) is 12.3 Å². The van der Waals surface area contributed by atoms with Gasteiger partial charge < -0.3 is 15.5 Å². The third-order valence-electron chi connectivity index (χ3n) is 4.18. The summed E-state index contributed by atoms with van der Waals surface area (Å²) in [6, 6.07) is 0.251. The molecule has 5 heteroatoms. The van der Waals surface area contributed by atoms with Gasteiger partial charge in [0.05, 0.1) is 0 Å². The van der Waals surface area contributed by atoms with Crippen LogP contribution in [0.15, 0.2) is 0 Å². The molecule has 5 nitrogen and oxygen atoms in total. The fourth-order valence-electron chi connectivity index (χ4n) is 3.01. The minimum atomic E-state index is 0.0264. The summed E-state index contributed by atoms with van der Waals surface area (Å²) in [7, 11) is 0. The normalized spacial score (nSPS) is 24.5. The molecule has 2 heterocycles. The molecule has 0 aromatic carbocycles. The lowest BCUT2D eigenvalue weighted by atomic mass is 10.0. The number of nitrogens with one attached hydrogen (secondary N) is 2. The highest BCUT2D eigenvalue weighted by Gasteiger charge is 2.24. The van der Waals surface area contributed by atoms with Crippen molar-refractivity contribution in [3.05, 3.63) is 0 Å². The van der Waals surface area contributed by atoms with Gasteiger partial charge >= 0.3 is 0 Å². The van der Waals surface area contributed by atoms with Crippen LogP contribution in [0, 0.1) is 5.92 Å². The van der Waals surface area contributed by atoms with Gasteiger partial charge in [-0.25, -0.2) is 0 Å². The second kappa shape index (κ2) is 6.89. The number of hydrogen-bond donors (Lipinski definition) is 2. The van der Waals surface area contributed by atoms with E-state index in [1.807, 2.05) is 4.90 Å². The third-order valence-corrected chi connectivity index (χ3v) is 4.18. The summed E-state index contributed by atoms with van der Waals surface area (Å²) in [4.78, 5) is 25.0. The highest BCUT2D eigenvalue weighted by atomic mass is 16.2. The predicted molar refractivity (Wildman–Crippen MR) is 73.6 cm³/mol. The van der Waals surface area contributed by atoms with E-state index >= 15 is 0 Å². The molecule has 1 atom stereocenters. The summed E-state index contributed by atoms with van der Waals surface area (Å²) >= 11 is 0. The van der Waals surface area contributed by atoms with Gasteiger partial charge in [-0.05, 0) is 44.7 Å². The van der Waals surface area contributed by atoms with Crippen molar-refractivity contribution in [2.45, 2.75) is 45.1 Å². The zero-order chi connectivity index (χ0) is 13.7. The summed E-state index contributed by atoms with van der Waals surface area (Å²) in [5.41, 5.74) is 0. The van der Waals surface area contributed by atoms with Gasteiger partial charge in [0.25, 0.3) is 0 Å². The molecule has 2 N–H and O–H groups in total. The number of likely N-dealkylation sites (tertiary alicyclic amines) is 1. The lowest BCUT2D eigenvalue weighted by Crippen LogP contribution is -2.46. The topological polar surface area (TPSA) is 61.4 Å². The predicted octanol–water partition coefficient (Wildman–Crippen LogP) is 0.503. The van der Waals surface area contributed by atoms with Crippen LogP contribution < -0.4 is 10.6 Å². The average molecular weight is 267 g/mol. The van der Waals surface area contributed by atoms with E-state index in [1.54, 1.807) is 6.92 Å².